The Balaban J connectivity index is 3.09. The molecule has 1 aromatic rings. The number of ketones is 1. The lowest BCUT2D eigenvalue weighted by atomic mass is 10.1. The first-order chi connectivity index (χ1) is 7.56. The van der Waals surface area contributed by atoms with Crippen LogP contribution in [0.25, 0.3) is 0 Å². The first-order valence-electron chi connectivity index (χ1n) is 4.58. The Morgan fingerprint density at radius 1 is 1.38 bits per heavy atom. The van der Waals surface area contributed by atoms with Crippen LogP contribution >= 0.6 is 0 Å². The molecule has 0 spiro atoms. The highest BCUT2D eigenvalue weighted by molar-refractivity contribution is 5.97. The van der Waals surface area contributed by atoms with Crippen LogP contribution in [0.15, 0.2) is 18.2 Å². The van der Waals surface area contributed by atoms with E-state index < -0.39 is 12.6 Å². The van der Waals surface area contributed by atoms with Gasteiger partial charge in [-0.2, -0.15) is 0 Å². The molecule has 1 aromatic carbocycles. The molecule has 0 saturated heterocycles. The SMILES string of the molecule is COc1cccc(C(C)=O)c1OCC(=O)O. The van der Waals surface area contributed by atoms with Crippen molar-refractivity contribution in [1.29, 1.82) is 0 Å². The first kappa shape index (κ1) is 12.0. The van der Waals surface area contributed by atoms with Crippen molar-refractivity contribution in [2.75, 3.05) is 13.7 Å². The first-order valence-corrected chi connectivity index (χ1v) is 4.58. The minimum Gasteiger partial charge on any atom is -0.493 e. The Bertz CT molecular complexity index is 411. The number of para-hydroxylation sites is 1. The lowest BCUT2D eigenvalue weighted by Crippen LogP contribution is -2.12. The zero-order chi connectivity index (χ0) is 12.1. The Morgan fingerprint density at radius 2 is 2.06 bits per heavy atom. The molecule has 0 aliphatic carbocycles. The summed E-state index contributed by atoms with van der Waals surface area (Å²) in [7, 11) is 1.42. The van der Waals surface area contributed by atoms with Gasteiger partial charge in [0.05, 0.1) is 12.7 Å². The number of Topliss-reactive ketones (excluding diaryl/α,β-unsaturated/α-hetero) is 1. The van der Waals surface area contributed by atoms with Crippen LogP contribution in [0.4, 0.5) is 0 Å². The second-order valence-electron chi connectivity index (χ2n) is 3.08. The van der Waals surface area contributed by atoms with Crippen LogP contribution in [-0.4, -0.2) is 30.6 Å². The molecule has 1 rings (SSSR count). The van der Waals surface area contributed by atoms with Gasteiger partial charge in [-0.05, 0) is 19.1 Å². The van der Waals surface area contributed by atoms with Crippen molar-refractivity contribution in [3.05, 3.63) is 23.8 Å². The summed E-state index contributed by atoms with van der Waals surface area (Å²) in [6.45, 7) is 0.864. The number of carbonyl (C=O) groups excluding carboxylic acids is 1. The predicted octanol–water partition coefficient (Wildman–Crippen LogP) is 1.36. The summed E-state index contributed by atoms with van der Waals surface area (Å²) in [4.78, 5) is 21.7. The zero-order valence-electron chi connectivity index (χ0n) is 9.02. The Kier molecular flexibility index (Phi) is 3.88. The molecule has 5 heteroatoms. The van der Waals surface area contributed by atoms with Crippen LogP contribution in [0, 0.1) is 0 Å². The molecule has 0 heterocycles. The normalized spacial score (nSPS) is 9.62. The van der Waals surface area contributed by atoms with Crippen LogP contribution in [0.1, 0.15) is 17.3 Å². The summed E-state index contributed by atoms with van der Waals surface area (Å²) in [5.41, 5.74) is 0.306. The smallest absolute Gasteiger partial charge is 0.341 e. The molecule has 0 unspecified atom stereocenters. The van der Waals surface area contributed by atoms with Crippen LogP contribution in [-0.2, 0) is 4.79 Å². The van der Waals surface area contributed by atoms with Gasteiger partial charge < -0.3 is 14.6 Å². The number of aliphatic carboxylic acids is 1. The highest BCUT2D eigenvalue weighted by Crippen LogP contribution is 2.31. The summed E-state index contributed by atoms with van der Waals surface area (Å²) < 4.78 is 10.0. The number of ether oxygens (including phenoxy) is 2. The van der Waals surface area contributed by atoms with E-state index in [0.717, 1.165) is 0 Å². The van der Waals surface area contributed by atoms with Gasteiger partial charge in [-0.1, -0.05) is 6.07 Å². The van der Waals surface area contributed by atoms with E-state index in [1.165, 1.54) is 14.0 Å². The number of benzene rings is 1. The third kappa shape index (κ3) is 2.73. The molecule has 86 valence electrons. The predicted molar refractivity (Wildman–Crippen MR) is 56.1 cm³/mol. The van der Waals surface area contributed by atoms with Gasteiger partial charge in [0.2, 0.25) is 0 Å². The molecule has 16 heavy (non-hydrogen) atoms. The summed E-state index contributed by atoms with van der Waals surface area (Å²) in [6.07, 6.45) is 0. The second-order valence-corrected chi connectivity index (χ2v) is 3.08. The Hall–Kier alpha value is -2.04. The van der Waals surface area contributed by atoms with Gasteiger partial charge in [-0.25, -0.2) is 4.79 Å². The number of methoxy groups -OCH3 is 1. The zero-order valence-corrected chi connectivity index (χ0v) is 9.02. The van der Waals surface area contributed by atoms with Crippen molar-refractivity contribution < 1.29 is 24.2 Å². The fourth-order valence-electron chi connectivity index (χ4n) is 1.24. The number of hydrogen-bond acceptors (Lipinski definition) is 4. The molecule has 0 atom stereocenters. The summed E-state index contributed by atoms with van der Waals surface area (Å²) >= 11 is 0. The highest BCUT2D eigenvalue weighted by Gasteiger charge is 2.14. The van der Waals surface area contributed by atoms with E-state index in [0.29, 0.717) is 11.3 Å². The molecular weight excluding hydrogens is 212 g/mol. The quantitative estimate of drug-likeness (QED) is 0.764. The van der Waals surface area contributed by atoms with Crippen LogP contribution in [0.5, 0.6) is 11.5 Å². The number of carboxylic acid groups (broad SMARTS) is 1. The maximum absolute atomic E-state index is 11.3. The monoisotopic (exact) mass is 224 g/mol. The molecular formula is C11H12O5. The number of carbonyl (C=O) groups is 2. The molecule has 1 N–H and O–H groups in total. The molecule has 0 aliphatic rings. The lowest BCUT2D eigenvalue weighted by Gasteiger charge is -2.11. The molecule has 5 nitrogen and oxygen atoms in total. The van der Waals surface area contributed by atoms with Crippen molar-refractivity contribution in [3.63, 3.8) is 0 Å². The molecule has 0 aliphatic heterocycles. The second kappa shape index (κ2) is 5.16. The van der Waals surface area contributed by atoms with Crippen molar-refractivity contribution in [1.82, 2.24) is 0 Å². The molecule has 0 saturated carbocycles. The maximum Gasteiger partial charge on any atom is 0.341 e. The van der Waals surface area contributed by atoms with Gasteiger partial charge in [0, 0.05) is 0 Å². The maximum atomic E-state index is 11.3. The van der Waals surface area contributed by atoms with Gasteiger partial charge >= 0.3 is 5.97 Å². The van der Waals surface area contributed by atoms with Crippen molar-refractivity contribution in [2.45, 2.75) is 6.92 Å². The van der Waals surface area contributed by atoms with Crippen LogP contribution in [0.3, 0.4) is 0 Å². The fourth-order valence-corrected chi connectivity index (χ4v) is 1.24. The molecule has 0 aromatic heterocycles. The molecule has 0 bridgehead atoms. The lowest BCUT2D eigenvalue weighted by molar-refractivity contribution is -0.139. The van der Waals surface area contributed by atoms with E-state index in [1.807, 2.05) is 0 Å². The third-order valence-corrected chi connectivity index (χ3v) is 1.92. The van der Waals surface area contributed by atoms with Gasteiger partial charge in [0.25, 0.3) is 0 Å². The number of carboxylic acids is 1. The molecule has 0 fully saturated rings. The topological polar surface area (TPSA) is 72.8 Å². The average molecular weight is 224 g/mol. The van der Waals surface area contributed by atoms with Gasteiger partial charge in [0.1, 0.15) is 0 Å². The van der Waals surface area contributed by atoms with E-state index in [-0.39, 0.29) is 11.5 Å². The Morgan fingerprint density at radius 3 is 2.56 bits per heavy atom. The van der Waals surface area contributed by atoms with Gasteiger partial charge in [0.15, 0.2) is 23.9 Å². The Labute approximate surface area is 92.6 Å². The molecule has 0 radical (unpaired) electrons. The van der Waals surface area contributed by atoms with E-state index in [1.54, 1.807) is 18.2 Å². The third-order valence-electron chi connectivity index (χ3n) is 1.92. The van der Waals surface area contributed by atoms with E-state index in [2.05, 4.69) is 0 Å². The summed E-state index contributed by atoms with van der Waals surface area (Å²) in [6, 6.07) is 4.80. The van der Waals surface area contributed by atoms with E-state index in [9.17, 15) is 9.59 Å². The van der Waals surface area contributed by atoms with Crippen molar-refractivity contribution in [2.24, 2.45) is 0 Å². The van der Waals surface area contributed by atoms with Gasteiger partial charge in [-0.3, -0.25) is 4.79 Å². The van der Waals surface area contributed by atoms with E-state index in [4.69, 9.17) is 14.6 Å². The van der Waals surface area contributed by atoms with Gasteiger partial charge in [-0.15, -0.1) is 0 Å². The van der Waals surface area contributed by atoms with E-state index >= 15 is 0 Å². The minimum atomic E-state index is -1.11. The van der Waals surface area contributed by atoms with Crippen LogP contribution < -0.4 is 9.47 Å². The minimum absolute atomic E-state index is 0.167. The summed E-state index contributed by atoms with van der Waals surface area (Å²) in [5.74, 6) is -0.812. The standard InChI is InChI=1S/C11H12O5/c1-7(12)8-4-3-5-9(15-2)11(8)16-6-10(13)14/h3-5H,6H2,1-2H3,(H,13,14). The largest absolute Gasteiger partial charge is 0.493 e. The average Bonchev–Trinajstić information content (AvgIpc) is 2.25. The number of hydrogen-bond donors (Lipinski definition) is 1. The number of rotatable bonds is 5. The highest BCUT2D eigenvalue weighted by atomic mass is 16.5. The fraction of sp³-hybridized carbons (Fsp3) is 0.273. The van der Waals surface area contributed by atoms with Crippen molar-refractivity contribution in [3.8, 4) is 11.5 Å². The molecule has 0 amide bonds. The van der Waals surface area contributed by atoms with Crippen molar-refractivity contribution >= 4 is 11.8 Å². The summed E-state index contributed by atoms with van der Waals surface area (Å²) in [5, 5.41) is 8.52. The van der Waals surface area contributed by atoms with Crippen LogP contribution in [0.2, 0.25) is 0 Å².